The number of rotatable bonds is 49. The third-order valence-corrected chi connectivity index (χ3v) is 15.9. The molecular weight excluding hydrogens is 971 g/mol. The fourth-order valence-electron chi connectivity index (χ4n) is 10.7. The van der Waals surface area contributed by atoms with E-state index in [0.717, 1.165) is 49.3 Å². The second-order valence-electron chi connectivity index (χ2n) is 22.8. The Bertz CT molecular complexity index is 1820. The summed E-state index contributed by atoms with van der Waals surface area (Å²) in [6.45, 7) is 3.89. The van der Waals surface area contributed by atoms with E-state index in [9.17, 15) is 39.9 Å². The van der Waals surface area contributed by atoms with Gasteiger partial charge in [-0.05, 0) is 41.8 Å². The molecule has 1 aliphatic heterocycles. The van der Waals surface area contributed by atoms with Crippen LogP contribution in [0.4, 0.5) is 5.69 Å². The van der Waals surface area contributed by atoms with Crippen molar-refractivity contribution in [1.82, 2.24) is 10.6 Å². The van der Waals surface area contributed by atoms with Gasteiger partial charge in [0.15, 0.2) is 12.1 Å². The van der Waals surface area contributed by atoms with Crippen molar-refractivity contribution in [3.63, 3.8) is 0 Å². The molecule has 2 aromatic carbocycles. The van der Waals surface area contributed by atoms with E-state index >= 15 is 0 Å². The number of ether oxygens (including phenoxy) is 2. The van der Waals surface area contributed by atoms with Gasteiger partial charge in [0.1, 0.15) is 30.5 Å². The van der Waals surface area contributed by atoms with E-state index in [1.807, 2.05) is 18.2 Å². The molecule has 2 aromatic rings. The van der Waals surface area contributed by atoms with Crippen LogP contribution in [0.5, 0.6) is 0 Å². The number of unbranched alkanes of at least 4 members (excludes halogenated alkanes) is 33. The molecule has 1 saturated heterocycles. The van der Waals surface area contributed by atoms with E-state index < -0.39 is 54.9 Å². The molecule has 1 aliphatic rings. The molecule has 3 rings (SSSR count). The van der Waals surface area contributed by atoms with E-state index in [4.69, 9.17) is 15.2 Å². The lowest BCUT2D eigenvalue weighted by atomic mass is 9.98. The van der Waals surface area contributed by atoms with Crippen molar-refractivity contribution in [2.75, 3.05) is 18.9 Å². The molecule has 442 valence electrons. The van der Waals surface area contributed by atoms with E-state index in [2.05, 4.69) is 24.5 Å². The van der Waals surface area contributed by atoms with E-state index in [1.54, 1.807) is 18.2 Å². The molecular formula is C64H111N3O10. The number of aliphatic hydroxyl groups is 5. The van der Waals surface area contributed by atoms with Crippen LogP contribution in [0.15, 0.2) is 36.4 Å². The molecule has 5 unspecified atom stereocenters. The number of hydrogen-bond donors (Lipinski definition) is 8. The SMILES string of the molecule is CCCCCCCCCCCCCCCCCCCCCCCCCC(=O)N[C@@H](COC1OC(CNC(=O)CCC(=O)c2ccc3cc(N)ccc3c2)C(O)C(O)C1O)[C@H](O)[C@H](O)CCCCCCCCCCCCCC. The number of fused-ring (bicyclic) bond motifs is 1. The highest BCUT2D eigenvalue weighted by Crippen LogP contribution is 2.25. The Kier molecular flexibility index (Phi) is 38.6. The van der Waals surface area contributed by atoms with E-state index in [1.165, 1.54) is 173 Å². The van der Waals surface area contributed by atoms with Gasteiger partial charge >= 0.3 is 0 Å². The van der Waals surface area contributed by atoms with Crippen molar-refractivity contribution in [3.8, 4) is 0 Å². The minimum Gasteiger partial charge on any atom is -0.399 e. The molecule has 13 heteroatoms. The Labute approximate surface area is 466 Å². The average molecular weight is 1080 g/mol. The van der Waals surface area contributed by atoms with Crippen molar-refractivity contribution in [3.05, 3.63) is 42.0 Å². The number of hydrogen-bond acceptors (Lipinski definition) is 11. The van der Waals surface area contributed by atoms with Gasteiger partial charge in [-0.3, -0.25) is 14.4 Å². The largest absolute Gasteiger partial charge is 0.399 e. The van der Waals surface area contributed by atoms with Gasteiger partial charge in [-0.15, -0.1) is 0 Å². The van der Waals surface area contributed by atoms with Crippen LogP contribution in [0, 0.1) is 0 Å². The van der Waals surface area contributed by atoms with Gasteiger partial charge in [0.05, 0.1) is 18.8 Å². The molecule has 0 spiro atoms. The lowest BCUT2D eigenvalue weighted by Gasteiger charge is -2.41. The first-order valence-corrected chi connectivity index (χ1v) is 31.5. The number of carbonyl (C=O) groups is 3. The zero-order chi connectivity index (χ0) is 55.7. The standard InChI is InChI=1S/C64H111N3O10/c1-3-5-7-9-11-13-15-17-18-19-20-21-22-23-24-25-26-27-29-31-33-35-37-39-59(71)67-54(60(72)56(69)38-36-34-32-30-28-16-14-12-10-8-6-4-2)49-76-64-63(75)62(74)61(73)57(77-64)48-66-58(70)45-44-55(68)52-41-40-51-47-53(65)43-42-50(51)46-52/h40-43,46-47,54,56-57,60-64,69,72-75H,3-39,44-45,48-49,65H2,1-2H3,(H,66,70)(H,67,71)/t54-,56+,57?,60-,61?,62?,63?,64?/m0/s1. The lowest BCUT2D eigenvalue weighted by molar-refractivity contribution is -0.297. The molecule has 2 amide bonds. The fraction of sp³-hybridized carbons (Fsp3) is 0.797. The summed E-state index contributed by atoms with van der Waals surface area (Å²) in [5, 5.41) is 62.4. The molecule has 0 radical (unpaired) electrons. The number of nitrogens with one attached hydrogen (secondary N) is 2. The van der Waals surface area contributed by atoms with Gasteiger partial charge in [0, 0.05) is 37.1 Å². The second kappa shape index (κ2) is 43.6. The maximum atomic E-state index is 13.3. The normalized spacial score (nSPS) is 18.8. The molecule has 1 heterocycles. The summed E-state index contributed by atoms with van der Waals surface area (Å²) in [6.07, 6.45) is 33.9. The lowest BCUT2D eigenvalue weighted by Crippen LogP contribution is -2.61. The molecule has 1 fully saturated rings. The van der Waals surface area contributed by atoms with Crippen molar-refractivity contribution in [1.29, 1.82) is 0 Å². The summed E-state index contributed by atoms with van der Waals surface area (Å²) in [4.78, 5) is 39.2. The highest BCUT2D eigenvalue weighted by atomic mass is 16.7. The maximum absolute atomic E-state index is 13.3. The van der Waals surface area contributed by atoms with Gasteiger partial charge in [0.25, 0.3) is 0 Å². The summed E-state index contributed by atoms with van der Waals surface area (Å²) < 4.78 is 11.8. The Balaban J connectivity index is 1.38. The molecule has 8 atom stereocenters. The predicted molar refractivity (Wildman–Crippen MR) is 314 cm³/mol. The Morgan fingerprint density at radius 2 is 0.974 bits per heavy atom. The fourth-order valence-corrected chi connectivity index (χ4v) is 10.7. The minimum atomic E-state index is -1.70. The first-order valence-electron chi connectivity index (χ1n) is 31.5. The van der Waals surface area contributed by atoms with Gasteiger partial charge in [-0.25, -0.2) is 0 Å². The number of nitrogen functional groups attached to an aromatic ring is 1. The van der Waals surface area contributed by atoms with E-state index in [-0.39, 0.29) is 44.1 Å². The van der Waals surface area contributed by atoms with Crippen molar-refractivity contribution >= 4 is 34.1 Å². The molecule has 77 heavy (non-hydrogen) atoms. The predicted octanol–water partition coefficient (Wildman–Crippen LogP) is 13.0. The Morgan fingerprint density at radius 1 is 0.532 bits per heavy atom. The smallest absolute Gasteiger partial charge is 0.220 e. The molecule has 0 saturated carbocycles. The van der Waals surface area contributed by atoms with Crippen LogP contribution in [-0.2, 0) is 19.1 Å². The van der Waals surface area contributed by atoms with Crippen LogP contribution in [0.25, 0.3) is 10.8 Å². The molecule has 13 nitrogen and oxygen atoms in total. The van der Waals surface area contributed by atoms with Crippen LogP contribution >= 0.6 is 0 Å². The number of amides is 2. The summed E-state index contributed by atoms with van der Waals surface area (Å²) in [7, 11) is 0. The average Bonchev–Trinajstić information content (AvgIpc) is 3.43. The quantitative estimate of drug-likeness (QED) is 0.0177. The third-order valence-electron chi connectivity index (χ3n) is 15.9. The third kappa shape index (κ3) is 30.8. The van der Waals surface area contributed by atoms with Gasteiger partial charge in [0.2, 0.25) is 11.8 Å². The summed E-state index contributed by atoms with van der Waals surface area (Å²) >= 11 is 0. The van der Waals surface area contributed by atoms with Crippen LogP contribution in [0.1, 0.15) is 275 Å². The van der Waals surface area contributed by atoms with Crippen molar-refractivity contribution in [2.24, 2.45) is 0 Å². The monoisotopic (exact) mass is 1080 g/mol. The summed E-state index contributed by atoms with van der Waals surface area (Å²) in [5.41, 5.74) is 6.96. The second-order valence-corrected chi connectivity index (χ2v) is 22.8. The molecule has 0 aromatic heterocycles. The number of aliphatic hydroxyl groups excluding tert-OH is 5. The van der Waals surface area contributed by atoms with Gasteiger partial charge < -0.3 is 51.4 Å². The highest BCUT2D eigenvalue weighted by Gasteiger charge is 2.45. The maximum Gasteiger partial charge on any atom is 0.220 e. The number of anilines is 1. The van der Waals surface area contributed by atoms with Gasteiger partial charge in [-0.1, -0.05) is 250 Å². The number of nitrogens with two attached hydrogens (primary N) is 1. The molecule has 9 N–H and O–H groups in total. The number of benzene rings is 2. The Hall–Kier alpha value is -3.17. The zero-order valence-electron chi connectivity index (χ0n) is 48.4. The first kappa shape index (κ1) is 68.1. The van der Waals surface area contributed by atoms with Gasteiger partial charge in [-0.2, -0.15) is 0 Å². The van der Waals surface area contributed by atoms with Crippen molar-refractivity contribution in [2.45, 2.75) is 313 Å². The number of carbonyl (C=O) groups excluding carboxylic acids is 3. The molecule has 0 aliphatic carbocycles. The van der Waals surface area contributed by atoms with Crippen molar-refractivity contribution < 1.29 is 49.4 Å². The minimum absolute atomic E-state index is 0.0618. The van der Waals surface area contributed by atoms with Crippen LogP contribution in [0.3, 0.4) is 0 Å². The zero-order valence-corrected chi connectivity index (χ0v) is 48.4. The number of Topliss-reactive ketones (excluding diaryl/α,β-unsaturated/α-hetero) is 1. The van der Waals surface area contributed by atoms with E-state index in [0.29, 0.717) is 30.5 Å². The van der Waals surface area contributed by atoms with Crippen LogP contribution < -0.4 is 16.4 Å². The Morgan fingerprint density at radius 3 is 1.47 bits per heavy atom. The highest BCUT2D eigenvalue weighted by molar-refractivity contribution is 6.01. The topological polar surface area (TPSA) is 221 Å². The summed E-state index contributed by atoms with van der Waals surface area (Å²) in [6, 6.07) is 9.62. The van der Waals surface area contributed by atoms with Crippen LogP contribution in [-0.4, -0.2) is 105 Å². The number of ketones is 1. The summed E-state index contributed by atoms with van der Waals surface area (Å²) in [5.74, 6) is -0.984. The van der Waals surface area contributed by atoms with Crippen LogP contribution in [0.2, 0.25) is 0 Å². The first-order chi connectivity index (χ1) is 37.4. The molecule has 0 bridgehead atoms.